The maximum absolute atomic E-state index is 5.34. The highest BCUT2D eigenvalue weighted by Crippen LogP contribution is 2.26. The maximum Gasteiger partial charge on any atom is 0.244 e. The first-order chi connectivity index (χ1) is 9.28. The second-order valence-electron chi connectivity index (χ2n) is 4.70. The van der Waals surface area contributed by atoms with Crippen molar-refractivity contribution in [3.05, 3.63) is 29.9 Å². The average Bonchev–Trinajstić information content (AvgIpc) is 3.08. The van der Waals surface area contributed by atoms with E-state index in [1.807, 2.05) is 13.0 Å². The van der Waals surface area contributed by atoms with Crippen molar-refractivity contribution in [2.45, 2.75) is 25.5 Å². The molecule has 1 aliphatic rings. The van der Waals surface area contributed by atoms with Gasteiger partial charge in [-0.1, -0.05) is 5.16 Å². The molecule has 1 aliphatic heterocycles. The van der Waals surface area contributed by atoms with E-state index in [0.29, 0.717) is 11.7 Å². The standard InChI is InChI=1S/C13H16N4O2/c1-8-3-4-14-7-10(8)12-16-13(19-17-12)11-5-9(18-2)6-15-11/h3-4,7,9,11,15H,5-6H2,1-2H3. The van der Waals surface area contributed by atoms with Crippen LogP contribution < -0.4 is 5.32 Å². The molecule has 2 aromatic heterocycles. The predicted molar refractivity (Wildman–Crippen MR) is 68.4 cm³/mol. The van der Waals surface area contributed by atoms with E-state index < -0.39 is 0 Å². The summed E-state index contributed by atoms with van der Waals surface area (Å²) in [6, 6.07) is 2.00. The fraction of sp³-hybridized carbons (Fsp3) is 0.462. The SMILES string of the molecule is COC1CNC(c2nc(-c3cnccc3C)no2)C1. The minimum atomic E-state index is 0.0724. The van der Waals surface area contributed by atoms with E-state index in [9.17, 15) is 0 Å². The van der Waals surface area contributed by atoms with Crippen molar-refractivity contribution in [3.63, 3.8) is 0 Å². The number of aryl methyl sites for hydroxylation is 1. The molecule has 1 fully saturated rings. The van der Waals surface area contributed by atoms with Crippen molar-refractivity contribution in [3.8, 4) is 11.4 Å². The van der Waals surface area contributed by atoms with Crippen LogP contribution >= 0.6 is 0 Å². The fourth-order valence-corrected chi connectivity index (χ4v) is 2.26. The Labute approximate surface area is 111 Å². The lowest BCUT2D eigenvalue weighted by molar-refractivity contribution is 0.116. The molecule has 6 heteroatoms. The number of ether oxygens (including phenoxy) is 1. The van der Waals surface area contributed by atoms with Gasteiger partial charge in [-0.15, -0.1) is 0 Å². The molecule has 1 saturated heterocycles. The predicted octanol–water partition coefficient (Wildman–Crippen LogP) is 1.49. The zero-order valence-electron chi connectivity index (χ0n) is 11.0. The number of methoxy groups -OCH3 is 1. The van der Waals surface area contributed by atoms with Crippen molar-refractivity contribution in [2.24, 2.45) is 0 Å². The van der Waals surface area contributed by atoms with Gasteiger partial charge in [-0.2, -0.15) is 4.98 Å². The third-order valence-electron chi connectivity index (χ3n) is 3.44. The minimum Gasteiger partial charge on any atom is -0.380 e. The van der Waals surface area contributed by atoms with E-state index in [2.05, 4.69) is 20.4 Å². The van der Waals surface area contributed by atoms with Crippen LogP contribution in [0.25, 0.3) is 11.4 Å². The molecule has 2 atom stereocenters. The van der Waals surface area contributed by atoms with Crippen LogP contribution in [-0.2, 0) is 4.74 Å². The van der Waals surface area contributed by atoms with Crippen LogP contribution in [0.3, 0.4) is 0 Å². The molecule has 0 spiro atoms. The molecule has 0 amide bonds. The number of rotatable bonds is 3. The number of nitrogens with one attached hydrogen (secondary N) is 1. The third-order valence-corrected chi connectivity index (χ3v) is 3.44. The Hall–Kier alpha value is -1.79. The summed E-state index contributed by atoms with van der Waals surface area (Å²) in [6.45, 7) is 2.81. The topological polar surface area (TPSA) is 73.1 Å². The summed E-state index contributed by atoms with van der Waals surface area (Å²) in [5.74, 6) is 1.20. The summed E-state index contributed by atoms with van der Waals surface area (Å²) in [5, 5.41) is 7.35. The molecule has 3 rings (SSSR count). The molecule has 0 aromatic carbocycles. The lowest BCUT2D eigenvalue weighted by Crippen LogP contribution is -2.16. The maximum atomic E-state index is 5.34. The first-order valence-electron chi connectivity index (χ1n) is 6.28. The van der Waals surface area contributed by atoms with Crippen molar-refractivity contribution < 1.29 is 9.26 Å². The molecule has 6 nitrogen and oxygen atoms in total. The van der Waals surface area contributed by atoms with Gasteiger partial charge in [0.15, 0.2) is 0 Å². The number of hydrogen-bond acceptors (Lipinski definition) is 6. The Morgan fingerprint density at radius 2 is 2.37 bits per heavy atom. The van der Waals surface area contributed by atoms with Crippen LogP contribution in [0.15, 0.2) is 23.0 Å². The largest absolute Gasteiger partial charge is 0.380 e. The first-order valence-corrected chi connectivity index (χ1v) is 6.28. The Morgan fingerprint density at radius 1 is 1.47 bits per heavy atom. The molecule has 0 bridgehead atoms. The smallest absolute Gasteiger partial charge is 0.244 e. The van der Waals surface area contributed by atoms with E-state index in [1.54, 1.807) is 19.5 Å². The molecular formula is C13H16N4O2. The number of nitrogens with zero attached hydrogens (tertiary/aromatic N) is 3. The highest BCUT2D eigenvalue weighted by Gasteiger charge is 2.29. The van der Waals surface area contributed by atoms with Gasteiger partial charge in [0.1, 0.15) is 0 Å². The number of pyridine rings is 1. The summed E-state index contributed by atoms with van der Waals surface area (Å²) in [6.07, 6.45) is 4.57. The van der Waals surface area contributed by atoms with Crippen LogP contribution in [0.4, 0.5) is 0 Å². The molecule has 2 aromatic rings. The number of aromatic nitrogens is 3. The molecule has 2 unspecified atom stereocenters. The Kier molecular flexibility index (Phi) is 3.27. The lowest BCUT2D eigenvalue weighted by Gasteiger charge is -2.04. The van der Waals surface area contributed by atoms with E-state index in [0.717, 1.165) is 24.1 Å². The van der Waals surface area contributed by atoms with Gasteiger partial charge >= 0.3 is 0 Å². The van der Waals surface area contributed by atoms with Crippen molar-refractivity contribution in [1.29, 1.82) is 0 Å². The van der Waals surface area contributed by atoms with E-state index >= 15 is 0 Å². The number of hydrogen-bond donors (Lipinski definition) is 1. The normalized spacial score (nSPS) is 22.8. The summed E-state index contributed by atoms with van der Waals surface area (Å²) < 4.78 is 10.7. The summed E-state index contributed by atoms with van der Waals surface area (Å²) in [5.41, 5.74) is 1.98. The Bertz CT molecular complexity index is 569. The zero-order chi connectivity index (χ0) is 13.2. The van der Waals surface area contributed by atoms with Gasteiger partial charge in [-0.05, 0) is 25.0 Å². The molecule has 0 radical (unpaired) electrons. The van der Waals surface area contributed by atoms with Gasteiger partial charge in [-0.25, -0.2) is 0 Å². The van der Waals surface area contributed by atoms with Gasteiger partial charge < -0.3 is 14.6 Å². The minimum absolute atomic E-state index is 0.0724. The lowest BCUT2D eigenvalue weighted by atomic mass is 10.1. The molecular weight excluding hydrogens is 244 g/mol. The van der Waals surface area contributed by atoms with Crippen molar-refractivity contribution >= 4 is 0 Å². The Balaban J connectivity index is 1.82. The summed E-state index contributed by atoms with van der Waals surface area (Å²) in [4.78, 5) is 8.55. The molecule has 19 heavy (non-hydrogen) atoms. The van der Waals surface area contributed by atoms with E-state index in [1.165, 1.54) is 0 Å². The van der Waals surface area contributed by atoms with Gasteiger partial charge in [0.2, 0.25) is 11.7 Å². The quantitative estimate of drug-likeness (QED) is 0.901. The fourth-order valence-electron chi connectivity index (χ4n) is 2.26. The van der Waals surface area contributed by atoms with E-state index in [-0.39, 0.29) is 12.1 Å². The molecule has 100 valence electrons. The molecule has 3 heterocycles. The Morgan fingerprint density at radius 3 is 3.11 bits per heavy atom. The van der Waals surface area contributed by atoms with Crippen LogP contribution in [-0.4, -0.2) is 34.9 Å². The summed E-state index contributed by atoms with van der Waals surface area (Å²) >= 11 is 0. The average molecular weight is 260 g/mol. The highest BCUT2D eigenvalue weighted by atomic mass is 16.5. The monoisotopic (exact) mass is 260 g/mol. The zero-order valence-corrected chi connectivity index (χ0v) is 11.0. The second kappa shape index (κ2) is 5.07. The third kappa shape index (κ3) is 2.36. The highest BCUT2D eigenvalue weighted by molar-refractivity contribution is 5.57. The van der Waals surface area contributed by atoms with Gasteiger partial charge in [0, 0.05) is 31.6 Å². The molecule has 1 N–H and O–H groups in total. The first kappa shape index (κ1) is 12.3. The summed E-state index contributed by atoms with van der Waals surface area (Å²) in [7, 11) is 1.72. The molecule has 0 aliphatic carbocycles. The van der Waals surface area contributed by atoms with Gasteiger partial charge in [0.25, 0.3) is 0 Å². The van der Waals surface area contributed by atoms with Crippen LogP contribution in [0.5, 0.6) is 0 Å². The van der Waals surface area contributed by atoms with Crippen LogP contribution in [0.2, 0.25) is 0 Å². The van der Waals surface area contributed by atoms with Crippen LogP contribution in [0.1, 0.15) is 23.9 Å². The van der Waals surface area contributed by atoms with Crippen molar-refractivity contribution in [1.82, 2.24) is 20.4 Å². The second-order valence-corrected chi connectivity index (χ2v) is 4.70. The van der Waals surface area contributed by atoms with Gasteiger partial charge in [-0.3, -0.25) is 4.98 Å². The van der Waals surface area contributed by atoms with E-state index in [4.69, 9.17) is 9.26 Å². The van der Waals surface area contributed by atoms with Crippen molar-refractivity contribution in [2.75, 3.05) is 13.7 Å². The molecule has 0 saturated carbocycles. The van der Waals surface area contributed by atoms with Crippen LogP contribution in [0, 0.1) is 6.92 Å². The van der Waals surface area contributed by atoms with Gasteiger partial charge in [0.05, 0.1) is 12.1 Å².